The monoisotopic (exact) mass is 419 g/mol. The zero-order chi connectivity index (χ0) is 21.4. The van der Waals surface area contributed by atoms with Crippen molar-refractivity contribution in [2.24, 2.45) is 0 Å². The van der Waals surface area contributed by atoms with Gasteiger partial charge in [0.2, 0.25) is 5.75 Å². The maximum absolute atomic E-state index is 12.6. The number of hydrogen-bond acceptors (Lipinski definition) is 7. The molecule has 0 fully saturated rings. The number of nitrogens with one attached hydrogen (secondary N) is 1. The number of hydrogen-bond donors (Lipinski definition) is 1. The summed E-state index contributed by atoms with van der Waals surface area (Å²) >= 11 is 0. The summed E-state index contributed by atoms with van der Waals surface area (Å²) < 4.78 is 51.3. The van der Waals surface area contributed by atoms with Gasteiger partial charge in [-0.25, -0.2) is 4.79 Å². The Morgan fingerprint density at radius 2 is 1.77 bits per heavy atom. The first-order valence-electron chi connectivity index (χ1n) is 9.02. The first-order chi connectivity index (χ1) is 14.5. The average Bonchev–Trinajstić information content (AvgIpc) is 3.10. The van der Waals surface area contributed by atoms with Crippen LogP contribution in [0.1, 0.15) is 17.0 Å². The van der Waals surface area contributed by atoms with Crippen molar-refractivity contribution in [3.8, 4) is 23.0 Å². The fourth-order valence-electron chi connectivity index (χ4n) is 3.82. The van der Waals surface area contributed by atoms with Crippen molar-refractivity contribution in [1.29, 1.82) is 0 Å². The zero-order valence-electron chi connectivity index (χ0n) is 16.5. The maximum Gasteiger partial charge on any atom is 0.387 e. The Kier molecular flexibility index (Phi) is 5.11. The molecule has 30 heavy (non-hydrogen) atoms. The molecule has 1 atom stereocenters. The molecule has 0 radical (unpaired) electrons. The van der Waals surface area contributed by atoms with E-state index in [1.165, 1.54) is 33.5 Å². The van der Waals surface area contributed by atoms with Crippen LogP contribution in [0.4, 0.5) is 14.5 Å². The van der Waals surface area contributed by atoms with E-state index in [1.54, 1.807) is 18.2 Å². The number of fused-ring (bicyclic) bond motifs is 1. The van der Waals surface area contributed by atoms with Crippen LogP contribution in [0.2, 0.25) is 0 Å². The molecule has 2 aliphatic heterocycles. The van der Waals surface area contributed by atoms with Gasteiger partial charge in [0.05, 0.1) is 32.6 Å². The molecule has 0 aromatic heterocycles. The van der Waals surface area contributed by atoms with E-state index in [-0.39, 0.29) is 12.4 Å². The van der Waals surface area contributed by atoms with E-state index in [4.69, 9.17) is 18.9 Å². The van der Waals surface area contributed by atoms with Crippen molar-refractivity contribution < 1.29 is 37.3 Å². The fraction of sp³-hybridized carbons (Fsp3) is 0.286. The minimum atomic E-state index is -2.94. The molecular weight excluding hydrogens is 400 g/mol. The Bertz CT molecular complexity index is 1010. The Labute approximate surface area is 171 Å². The molecule has 158 valence electrons. The Hall–Kier alpha value is -3.49. The number of rotatable bonds is 6. The number of halogens is 2. The lowest BCUT2D eigenvalue weighted by Gasteiger charge is -2.28. The van der Waals surface area contributed by atoms with Crippen molar-refractivity contribution in [2.45, 2.75) is 12.5 Å². The minimum absolute atomic E-state index is 0.00850. The molecule has 0 saturated heterocycles. The third kappa shape index (κ3) is 3.26. The topological polar surface area (TPSA) is 75.3 Å². The van der Waals surface area contributed by atoms with E-state index >= 15 is 0 Å². The first-order valence-corrected chi connectivity index (χ1v) is 9.02. The number of carbonyl (C=O) groups is 1. The average molecular weight is 419 g/mol. The molecule has 0 amide bonds. The van der Waals surface area contributed by atoms with Gasteiger partial charge in [-0.05, 0) is 29.3 Å². The summed E-state index contributed by atoms with van der Waals surface area (Å²) in [5.41, 5.74) is 2.95. The van der Waals surface area contributed by atoms with Crippen LogP contribution in [0.5, 0.6) is 23.0 Å². The third-order valence-electron chi connectivity index (χ3n) is 5.05. The number of benzene rings is 2. The Balaban J connectivity index is 1.89. The molecule has 0 unspecified atom stereocenters. The number of ether oxygens (including phenoxy) is 5. The van der Waals surface area contributed by atoms with Gasteiger partial charge in [0.15, 0.2) is 11.5 Å². The fourth-order valence-corrected chi connectivity index (χ4v) is 3.82. The van der Waals surface area contributed by atoms with E-state index in [0.29, 0.717) is 45.3 Å². The molecule has 0 aliphatic carbocycles. The second kappa shape index (κ2) is 7.74. The quantitative estimate of drug-likeness (QED) is 0.716. The highest BCUT2D eigenvalue weighted by Crippen LogP contribution is 2.49. The molecule has 0 bridgehead atoms. The van der Waals surface area contributed by atoms with Crippen LogP contribution in [-0.2, 0) is 9.53 Å². The van der Waals surface area contributed by atoms with Crippen molar-refractivity contribution in [3.63, 3.8) is 0 Å². The van der Waals surface area contributed by atoms with E-state index < -0.39 is 18.5 Å². The normalized spacial score (nSPS) is 17.1. The van der Waals surface area contributed by atoms with Gasteiger partial charge in [-0.15, -0.1) is 0 Å². The van der Waals surface area contributed by atoms with Crippen molar-refractivity contribution in [2.75, 3.05) is 33.3 Å². The van der Waals surface area contributed by atoms with Gasteiger partial charge < -0.3 is 29.0 Å². The number of cyclic esters (lactones) is 1. The van der Waals surface area contributed by atoms with Crippen LogP contribution in [0.3, 0.4) is 0 Å². The van der Waals surface area contributed by atoms with Crippen LogP contribution in [0, 0.1) is 0 Å². The van der Waals surface area contributed by atoms with E-state index in [2.05, 4.69) is 10.1 Å². The van der Waals surface area contributed by atoms with Gasteiger partial charge in [0.25, 0.3) is 0 Å². The lowest BCUT2D eigenvalue weighted by Crippen LogP contribution is -2.20. The standard InChI is InChI=1S/C21H19F2NO6/c1-26-15-6-10(7-16(27-2)19(15)28-3)17-12-5-4-11(30-21(22)23)8-13(12)24-14-9-29-20(25)18(14)17/h4-8,17,21,24H,9H2,1-3H3/t17-/m1/s1. The number of carbonyl (C=O) groups excluding carboxylic acids is 1. The summed E-state index contributed by atoms with van der Waals surface area (Å²) in [6.45, 7) is -2.88. The predicted molar refractivity (Wildman–Crippen MR) is 103 cm³/mol. The lowest BCUT2D eigenvalue weighted by molar-refractivity contribution is -0.136. The first kappa shape index (κ1) is 19.8. The summed E-state index contributed by atoms with van der Waals surface area (Å²) in [6, 6.07) is 8.05. The molecule has 9 heteroatoms. The van der Waals surface area contributed by atoms with Crippen molar-refractivity contribution >= 4 is 11.7 Å². The molecule has 0 spiro atoms. The SMILES string of the molecule is COc1cc([C@H]2C3=C(COC3=O)Nc3cc(OC(F)F)ccc32)cc(OC)c1OC. The van der Waals surface area contributed by atoms with Crippen LogP contribution >= 0.6 is 0 Å². The third-order valence-corrected chi connectivity index (χ3v) is 5.05. The second-order valence-electron chi connectivity index (χ2n) is 6.61. The van der Waals surface area contributed by atoms with Gasteiger partial charge in [0.1, 0.15) is 12.4 Å². The molecule has 0 saturated carbocycles. The molecule has 7 nitrogen and oxygen atoms in total. The summed E-state index contributed by atoms with van der Waals surface area (Å²) in [7, 11) is 4.50. The van der Waals surface area contributed by atoms with Crippen LogP contribution in [-0.4, -0.2) is 40.5 Å². The van der Waals surface area contributed by atoms with Gasteiger partial charge >= 0.3 is 12.6 Å². The number of anilines is 1. The molecule has 2 aromatic carbocycles. The molecule has 2 aromatic rings. The van der Waals surface area contributed by atoms with E-state index in [0.717, 1.165) is 0 Å². The summed E-state index contributed by atoms with van der Waals surface area (Å²) in [5, 5.41) is 3.10. The highest BCUT2D eigenvalue weighted by Gasteiger charge is 2.39. The zero-order valence-corrected chi connectivity index (χ0v) is 16.5. The minimum Gasteiger partial charge on any atom is -0.493 e. The molecule has 2 heterocycles. The Morgan fingerprint density at radius 1 is 1.07 bits per heavy atom. The van der Waals surface area contributed by atoms with Gasteiger partial charge in [-0.2, -0.15) is 8.78 Å². The summed E-state index contributed by atoms with van der Waals surface area (Å²) in [6.07, 6.45) is 0. The van der Waals surface area contributed by atoms with E-state index in [1.807, 2.05) is 0 Å². The summed E-state index contributed by atoms with van der Waals surface area (Å²) in [5.74, 6) is 0.308. The van der Waals surface area contributed by atoms with Gasteiger partial charge in [-0.1, -0.05) is 6.07 Å². The van der Waals surface area contributed by atoms with Crippen molar-refractivity contribution in [3.05, 3.63) is 52.7 Å². The number of esters is 1. The number of methoxy groups -OCH3 is 3. The molecule has 4 rings (SSSR count). The lowest BCUT2D eigenvalue weighted by atomic mass is 9.81. The second-order valence-corrected chi connectivity index (χ2v) is 6.61. The highest BCUT2D eigenvalue weighted by molar-refractivity contribution is 5.97. The highest BCUT2D eigenvalue weighted by atomic mass is 19.3. The van der Waals surface area contributed by atoms with Crippen LogP contribution in [0.15, 0.2) is 41.6 Å². The smallest absolute Gasteiger partial charge is 0.387 e. The Morgan fingerprint density at radius 3 is 2.37 bits per heavy atom. The van der Waals surface area contributed by atoms with Crippen LogP contribution in [0.25, 0.3) is 0 Å². The molecular formula is C21H19F2NO6. The predicted octanol–water partition coefficient (Wildman–Crippen LogP) is 3.68. The maximum atomic E-state index is 12.6. The molecule has 2 aliphatic rings. The summed E-state index contributed by atoms with van der Waals surface area (Å²) in [4.78, 5) is 12.5. The number of alkyl halides is 2. The van der Waals surface area contributed by atoms with Crippen molar-refractivity contribution in [1.82, 2.24) is 0 Å². The van der Waals surface area contributed by atoms with Crippen LogP contribution < -0.4 is 24.3 Å². The van der Waals surface area contributed by atoms with Gasteiger partial charge in [-0.3, -0.25) is 0 Å². The molecule has 1 N–H and O–H groups in total. The van der Waals surface area contributed by atoms with Gasteiger partial charge in [0, 0.05) is 17.7 Å². The van der Waals surface area contributed by atoms with E-state index in [9.17, 15) is 13.6 Å². The largest absolute Gasteiger partial charge is 0.493 e.